The Balaban J connectivity index is 1.26. The van der Waals surface area contributed by atoms with Gasteiger partial charge in [0.2, 0.25) is 0 Å². The Morgan fingerprint density at radius 2 is 1.38 bits per heavy atom. The first kappa shape index (κ1) is 25.0. The molecule has 1 aromatic carbocycles. The number of nitriles is 1. The quantitative estimate of drug-likeness (QED) is 0.250. The van der Waals surface area contributed by atoms with Crippen LogP contribution in [0.1, 0.15) is 108 Å². The largest absolute Gasteiger partial charge is 0.196 e. The van der Waals surface area contributed by atoms with Gasteiger partial charge in [0.05, 0.1) is 0 Å². The van der Waals surface area contributed by atoms with Crippen molar-refractivity contribution in [1.82, 2.24) is 0 Å². The van der Waals surface area contributed by atoms with Gasteiger partial charge < -0.3 is 0 Å². The van der Waals surface area contributed by atoms with Crippen molar-refractivity contribution in [3.63, 3.8) is 0 Å². The summed E-state index contributed by atoms with van der Waals surface area (Å²) in [6.45, 7) is 2.27. The monoisotopic (exact) mass is 437 g/mol. The number of halogens is 1. The van der Waals surface area contributed by atoms with Gasteiger partial charge in [-0.05, 0) is 105 Å². The molecule has 0 amide bonds. The van der Waals surface area contributed by atoms with Gasteiger partial charge in [-0.25, -0.2) is 0 Å². The molecule has 0 N–H and O–H groups in total. The van der Waals surface area contributed by atoms with Crippen LogP contribution in [0.15, 0.2) is 36.2 Å². The van der Waals surface area contributed by atoms with Crippen LogP contribution in [-0.4, -0.2) is 0 Å². The van der Waals surface area contributed by atoms with E-state index >= 15 is 0 Å². The van der Waals surface area contributed by atoms with Crippen molar-refractivity contribution in [3.05, 3.63) is 47.3 Å². The van der Waals surface area contributed by atoms with E-state index in [9.17, 15) is 4.39 Å². The molecule has 1 nitrogen and oxygen atoms in total. The first-order valence-corrected chi connectivity index (χ1v) is 13.5. The summed E-state index contributed by atoms with van der Waals surface area (Å²) < 4.78 is 13.2. The minimum atomic E-state index is -0.589. The Morgan fingerprint density at radius 1 is 0.844 bits per heavy atom. The van der Waals surface area contributed by atoms with Gasteiger partial charge in [0, 0.05) is 0 Å². The van der Waals surface area contributed by atoms with Crippen molar-refractivity contribution < 1.29 is 4.39 Å². The number of hydrogen-bond donors (Lipinski definition) is 0. The highest BCUT2D eigenvalue weighted by atomic mass is 19.1. The maximum atomic E-state index is 13.2. The molecule has 0 atom stereocenters. The van der Waals surface area contributed by atoms with Crippen LogP contribution < -0.4 is 0 Å². The van der Waals surface area contributed by atoms with Crippen molar-refractivity contribution >= 4 is 0 Å². The molecule has 2 fully saturated rings. The molecule has 1 aromatic rings. The Hall–Kier alpha value is -1.62. The average molecular weight is 438 g/mol. The van der Waals surface area contributed by atoms with Crippen LogP contribution >= 0.6 is 0 Å². The van der Waals surface area contributed by atoms with E-state index in [0.29, 0.717) is 5.92 Å². The zero-order chi connectivity index (χ0) is 22.6. The molecule has 0 heterocycles. The standard InChI is InChI=1S/C30H44FN/c1-2-3-4-7-24-10-12-25(13-11-24)8-5-6-9-26-14-18-28(19-15-26)29-20-16-27(17-21-29)22-30(31)23-32/h10-13,22,26-29H,2-9,14-21H2,1H3/b30-22+/t26-,27?,28-,29?. The van der Waals surface area contributed by atoms with Crippen molar-refractivity contribution in [2.24, 2.45) is 23.7 Å². The van der Waals surface area contributed by atoms with Crippen LogP contribution in [0.4, 0.5) is 4.39 Å². The third kappa shape index (κ3) is 8.38. The van der Waals surface area contributed by atoms with Gasteiger partial charge in [-0.15, -0.1) is 0 Å². The second kappa shape index (κ2) is 13.8. The predicted octanol–water partition coefficient (Wildman–Crippen LogP) is 9.12. The van der Waals surface area contributed by atoms with E-state index in [0.717, 1.165) is 30.6 Å². The summed E-state index contributed by atoms with van der Waals surface area (Å²) in [6.07, 6.45) is 22.3. The molecule has 0 bridgehead atoms. The molecule has 2 aliphatic rings. The summed E-state index contributed by atoms with van der Waals surface area (Å²) in [7, 11) is 0. The maximum absolute atomic E-state index is 13.2. The van der Waals surface area contributed by atoms with E-state index < -0.39 is 5.83 Å². The zero-order valence-electron chi connectivity index (χ0n) is 20.3. The van der Waals surface area contributed by atoms with E-state index in [1.165, 1.54) is 101 Å². The molecule has 0 spiro atoms. The minimum Gasteiger partial charge on any atom is -0.195 e. The van der Waals surface area contributed by atoms with Gasteiger partial charge in [0.25, 0.3) is 0 Å². The number of rotatable bonds is 11. The molecular formula is C30H44FN. The van der Waals surface area contributed by atoms with Gasteiger partial charge in [-0.1, -0.05) is 69.7 Å². The van der Waals surface area contributed by atoms with Crippen molar-refractivity contribution in [3.8, 4) is 6.07 Å². The molecule has 32 heavy (non-hydrogen) atoms. The van der Waals surface area contributed by atoms with E-state index in [4.69, 9.17) is 5.26 Å². The maximum Gasteiger partial charge on any atom is 0.196 e. The summed E-state index contributed by atoms with van der Waals surface area (Å²) in [5, 5.41) is 8.63. The highest BCUT2D eigenvalue weighted by Gasteiger charge is 2.30. The summed E-state index contributed by atoms with van der Waals surface area (Å²) in [6, 6.07) is 11.0. The Kier molecular flexibility index (Phi) is 10.8. The summed E-state index contributed by atoms with van der Waals surface area (Å²) >= 11 is 0. The summed E-state index contributed by atoms with van der Waals surface area (Å²) in [5.41, 5.74) is 3.01. The fraction of sp³-hybridized carbons (Fsp3) is 0.700. The summed E-state index contributed by atoms with van der Waals surface area (Å²) in [4.78, 5) is 0. The number of allylic oxidation sites excluding steroid dienone is 2. The smallest absolute Gasteiger partial charge is 0.195 e. The lowest BCUT2D eigenvalue weighted by molar-refractivity contribution is 0.151. The lowest BCUT2D eigenvalue weighted by Gasteiger charge is -2.37. The molecule has 0 radical (unpaired) electrons. The average Bonchev–Trinajstić information content (AvgIpc) is 2.84. The van der Waals surface area contributed by atoms with E-state index in [2.05, 4.69) is 31.2 Å². The molecule has 2 aliphatic carbocycles. The van der Waals surface area contributed by atoms with Crippen LogP contribution in [0.2, 0.25) is 0 Å². The van der Waals surface area contributed by atoms with Crippen LogP contribution in [0.25, 0.3) is 0 Å². The topological polar surface area (TPSA) is 23.8 Å². The molecule has 0 aromatic heterocycles. The van der Waals surface area contributed by atoms with Gasteiger partial charge in [0.1, 0.15) is 6.07 Å². The minimum absolute atomic E-state index is 0.291. The lowest BCUT2D eigenvalue weighted by Crippen LogP contribution is -2.25. The van der Waals surface area contributed by atoms with Crippen LogP contribution in [0, 0.1) is 35.0 Å². The Bertz CT molecular complexity index is 712. The SMILES string of the molecule is CCCCCc1ccc(CCCC[C@H]2CC[C@H](C3CCC(/C=C(/F)C#N)CC3)CC2)cc1. The number of hydrogen-bond acceptors (Lipinski definition) is 1. The first-order chi connectivity index (χ1) is 15.7. The molecule has 2 saturated carbocycles. The molecule has 0 saturated heterocycles. The van der Waals surface area contributed by atoms with Crippen LogP contribution in [0.5, 0.6) is 0 Å². The van der Waals surface area contributed by atoms with Gasteiger partial charge in [-0.3, -0.25) is 0 Å². The van der Waals surface area contributed by atoms with E-state index in [1.807, 2.05) is 0 Å². The normalized spacial score (nSPS) is 26.6. The zero-order valence-corrected chi connectivity index (χ0v) is 20.3. The first-order valence-electron chi connectivity index (χ1n) is 13.5. The molecule has 2 heteroatoms. The molecule has 3 rings (SSSR count). The van der Waals surface area contributed by atoms with E-state index in [-0.39, 0.29) is 0 Å². The third-order valence-corrected chi connectivity index (χ3v) is 8.28. The second-order valence-electron chi connectivity index (χ2n) is 10.6. The van der Waals surface area contributed by atoms with E-state index in [1.54, 1.807) is 12.1 Å². The van der Waals surface area contributed by atoms with Crippen LogP contribution in [-0.2, 0) is 12.8 Å². The second-order valence-corrected chi connectivity index (χ2v) is 10.6. The Labute approximate surface area is 196 Å². The molecule has 176 valence electrons. The van der Waals surface area contributed by atoms with Crippen molar-refractivity contribution in [1.29, 1.82) is 5.26 Å². The highest BCUT2D eigenvalue weighted by molar-refractivity contribution is 5.22. The van der Waals surface area contributed by atoms with Crippen LogP contribution in [0.3, 0.4) is 0 Å². The van der Waals surface area contributed by atoms with Gasteiger partial charge in [0.15, 0.2) is 5.83 Å². The van der Waals surface area contributed by atoms with Gasteiger partial charge >= 0.3 is 0 Å². The Morgan fingerprint density at radius 3 is 1.91 bits per heavy atom. The molecule has 0 unspecified atom stereocenters. The fourth-order valence-corrected chi connectivity index (χ4v) is 6.19. The third-order valence-electron chi connectivity index (χ3n) is 8.28. The lowest BCUT2D eigenvalue weighted by atomic mass is 9.68. The highest BCUT2D eigenvalue weighted by Crippen LogP contribution is 2.42. The fourth-order valence-electron chi connectivity index (χ4n) is 6.19. The molecular weight excluding hydrogens is 393 g/mol. The summed E-state index contributed by atoms with van der Waals surface area (Å²) in [5.74, 6) is 2.38. The molecule has 0 aliphatic heterocycles. The predicted molar refractivity (Wildman–Crippen MR) is 133 cm³/mol. The number of nitrogens with zero attached hydrogens (tertiary/aromatic N) is 1. The van der Waals surface area contributed by atoms with Crippen molar-refractivity contribution in [2.75, 3.05) is 0 Å². The number of aryl methyl sites for hydroxylation is 2. The van der Waals surface area contributed by atoms with Gasteiger partial charge in [-0.2, -0.15) is 9.65 Å². The number of benzene rings is 1. The van der Waals surface area contributed by atoms with Crippen molar-refractivity contribution in [2.45, 2.75) is 110 Å². The number of unbranched alkanes of at least 4 members (excludes halogenated alkanes) is 3.